The van der Waals surface area contributed by atoms with Gasteiger partial charge in [0.2, 0.25) is 11.8 Å². The summed E-state index contributed by atoms with van der Waals surface area (Å²) in [5.74, 6) is -1.50. The Morgan fingerprint density at radius 2 is 1.54 bits per heavy atom. The fourth-order valence-corrected chi connectivity index (χ4v) is 3.04. The minimum Gasteiger partial charge on any atom is -0.372 e. The van der Waals surface area contributed by atoms with Crippen molar-refractivity contribution in [2.24, 2.45) is 0 Å². The lowest BCUT2D eigenvalue weighted by Crippen LogP contribution is -2.21. The third-order valence-electron chi connectivity index (χ3n) is 4.15. The molecule has 5 nitrogen and oxygen atoms in total. The smallest absolute Gasteiger partial charge is 0.233 e. The Kier molecular flexibility index (Phi) is 5.73. The van der Waals surface area contributed by atoms with Crippen LogP contribution in [0.5, 0.6) is 0 Å². The number of benzene rings is 2. The molecule has 2 aromatic rings. The van der Waals surface area contributed by atoms with Gasteiger partial charge in [0.1, 0.15) is 12.2 Å². The molecule has 0 bridgehead atoms. The number of anilines is 3. The van der Waals surface area contributed by atoms with Crippen LogP contribution in [0.3, 0.4) is 0 Å². The Morgan fingerprint density at radius 1 is 0.962 bits per heavy atom. The highest BCUT2D eigenvalue weighted by Crippen LogP contribution is 2.22. The van der Waals surface area contributed by atoms with Crippen LogP contribution < -0.4 is 15.5 Å². The maximum atomic E-state index is 13.1. The monoisotopic (exact) mass is 375 g/mol. The molecule has 1 heterocycles. The van der Waals surface area contributed by atoms with Crippen LogP contribution in [0, 0.1) is 5.82 Å². The number of nitrogens with one attached hydrogen (secondary N) is 2. The molecule has 0 unspecified atom stereocenters. The molecule has 0 saturated carbocycles. The number of halogens is 2. The molecule has 7 heteroatoms. The molecule has 0 spiro atoms. The third kappa shape index (κ3) is 4.73. The van der Waals surface area contributed by atoms with E-state index in [0.717, 1.165) is 24.8 Å². The first-order valence-corrected chi connectivity index (χ1v) is 8.79. The molecule has 0 radical (unpaired) electrons. The lowest BCUT2D eigenvalue weighted by Gasteiger charge is -2.17. The second kappa shape index (κ2) is 8.19. The van der Waals surface area contributed by atoms with E-state index in [2.05, 4.69) is 15.5 Å². The minimum absolute atomic E-state index is 0.0923. The molecule has 136 valence electrons. The molecule has 3 rings (SSSR count). The normalized spacial score (nSPS) is 13.5. The Morgan fingerprint density at radius 3 is 2.15 bits per heavy atom. The fraction of sp³-hybridized carbons (Fsp3) is 0.263. The zero-order valence-corrected chi connectivity index (χ0v) is 14.9. The van der Waals surface area contributed by atoms with Gasteiger partial charge in [0.05, 0.1) is 5.02 Å². The fourth-order valence-electron chi connectivity index (χ4n) is 2.86. The first-order chi connectivity index (χ1) is 12.5. The molecule has 2 amide bonds. The number of rotatable bonds is 5. The molecule has 1 aliphatic rings. The van der Waals surface area contributed by atoms with Crippen molar-refractivity contribution in [1.82, 2.24) is 0 Å². The summed E-state index contributed by atoms with van der Waals surface area (Å²) in [4.78, 5) is 26.2. The van der Waals surface area contributed by atoms with Crippen LogP contribution in [-0.2, 0) is 9.59 Å². The summed E-state index contributed by atoms with van der Waals surface area (Å²) >= 11 is 5.66. The number of nitrogens with zero attached hydrogens (tertiary/aromatic N) is 1. The summed E-state index contributed by atoms with van der Waals surface area (Å²) in [6, 6.07) is 11.4. The predicted octanol–water partition coefficient (Wildman–Crippen LogP) is 4.05. The molecule has 0 atom stereocenters. The Labute approximate surface area is 156 Å². The molecule has 2 N–H and O–H groups in total. The van der Waals surface area contributed by atoms with Crippen LogP contribution in [0.2, 0.25) is 5.02 Å². The van der Waals surface area contributed by atoms with E-state index in [9.17, 15) is 14.0 Å². The highest BCUT2D eigenvalue weighted by atomic mass is 35.5. The molecule has 1 saturated heterocycles. The van der Waals surface area contributed by atoms with Crippen LogP contribution in [0.15, 0.2) is 42.5 Å². The van der Waals surface area contributed by atoms with E-state index >= 15 is 0 Å². The van der Waals surface area contributed by atoms with Crippen LogP contribution in [0.4, 0.5) is 21.5 Å². The summed E-state index contributed by atoms with van der Waals surface area (Å²) in [5, 5.41) is 5.12. The maximum absolute atomic E-state index is 13.1. The number of amides is 2. The van der Waals surface area contributed by atoms with E-state index in [-0.39, 0.29) is 11.4 Å². The van der Waals surface area contributed by atoms with Gasteiger partial charge in [-0.1, -0.05) is 11.6 Å². The largest absolute Gasteiger partial charge is 0.372 e. The summed E-state index contributed by atoms with van der Waals surface area (Å²) < 4.78 is 13.1. The second-order valence-corrected chi connectivity index (χ2v) is 6.55. The van der Waals surface area contributed by atoms with Gasteiger partial charge in [0.25, 0.3) is 0 Å². The van der Waals surface area contributed by atoms with E-state index < -0.39 is 17.6 Å². The van der Waals surface area contributed by atoms with Gasteiger partial charge < -0.3 is 15.5 Å². The van der Waals surface area contributed by atoms with Gasteiger partial charge in [-0.3, -0.25) is 9.59 Å². The highest BCUT2D eigenvalue weighted by Gasteiger charge is 2.13. The van der Waals surface area contributed by atoms with Crippen LogP contribution >= 0.6 is 11.6 Å². The van der Waals surface area contributed by atoms with Crippen LogP contribution in [0.1, 0.15) is 19.3 Å². The van der Waals surface area contributed by atoms with E-state index in [1.165, 1.54) is 25.0 Å². The lowest BCUT2D eigenvalue weighted by atomic mass is 10.2. The van der Waals surface area contributed by atoms with Crippen molar-refractivity contribution in [3.63, 3.8) is 0 Å². The maximum Gasteiger partial charge on any atom is 0.233 e. The average molecular weight is 376 g/mol. The van der Waals surface area contributed by atoms with Gasteiger partial charge in [-0.25, -0.2) is 4.39 Å². The van der Waals surface area contributed by atoms with E-state index in [1.807, 2.05) is 24.3 Å². The van der Waals surface area contributed by atoms with Crippen molar-refractivity contribution in [2.75, 3.05) is 28.6 Å². The molecule has 0 aromatic heterocycles. The van der Waals surface area contributed by atoms with Gasteiger partial charge in [0, 0.05) is 30.2 Å². The average Bonchev–Trinajstić information content (AvgIpc) is 3.13. The van der Waals surface area contributed by atoms with Crippen LogP contribution in [-0.4, -0.2) is 24.9 Å². The summed E-state index contributed by atoms with van der Waals surface area (Å²) in [5.41, 5.74) is 2.10. The first-order valence-electron chi connectivity index (χ1n) is 8.41. The van der Waals surface area contributed by atoms with Crippen molar-refractivity contribution >= 4 is 40.5 Å². The Bertz CT molecular complexity index is 805. The topological polar surface area (TPSA) is 61.4 Å². The van der Waals surface area contributed by atoms with Crippen molar-refractivity contribution in [2.45, 2.75) is 19.3 Å². The molecule has 1 fully saturated rings. The summed E-state index contributed by atoms with van der Waals surface area (Å²) in [6.45, 7) is 2.11. The molecular weight excluding hydrogens is 357 g/mol. The third-order valence-corrected chi connectivity index (χ3v) is 4.44. The summed E-state index contributed by atoms with van der Waals surface area (Å²) in [6.07, 6.45) is 2.06. The highest BCUT2D eigenvalue weighted by molar-refractivity contribution is 6.31. The van der Waals surface area contributed by atoms with Crippen molar-refractivity contribution in [1.29, 1.82) is 0 Å². The quantitative estimate of drug-likeness (QED) is 0.775. The molecule has 0 aliphatic carbocycles. The number of hydrogen-bond donors (Lipinski definition) is 2. The zero-order chi connectivity index (χ0) is 18.5. The molecular formula is C19H19ClFN3O2. The molecule has 2 aromatic carbocycles. The van der Waals surface area contributed by atoms with Crippen molar-refractivity contribution < 1.29 is 14.0 Å². The molecule has 26 heavy (non-hydrogen) atoms. The Balaban J connectivity index is 1.51. The minimum atomic E-state index is -0.570. The first kappa shape index (κ1) is 18.2. The molecule has 1 aliphatic heterocycles. The van der Waals surface area contributed by atoms with E-state index in [0.29, 0.717) is 11.4 Å². The van der Waals surface area contributed by atoms with E-state index in [1.54, 1.807) is 0 Å². The summed E-state index contributed by atoms with van der Waals surface area (Å²) in [7, 11) is 0. The SMILES string of the molecule is O=C(CC(=O)Nc1ccc(F)c(Cl)c1)Nc1ccc(N2CCCC2)cc1. The number of carbonyl (C=O) groups is 2. The van der Waals surface area contributed by atoms with Crippen molar-refractivity contribution in [3.05, 3.63) is 53.3 Å². The predicted molar refractivity (Wildman–Crippen MR) is 101 cm³/mol. The van der Waals surface area contributed by atoms with E-state index in [4.69, 9.17) is 11.6 Å². The van der Waals surface area contributed by atoms with Gasteiger partial charge in [0.15, 0.2) is 0 Å². The number of carbonyl (C=O) groups excluding carboxylic acids is 2. The van der Waals surface area contributed by atoms with Crippen molar-refractivity contribution in [3.8, 4) is 0 Å². The lowest BCUT2D eigenvalue weighted by molar-refractivity contribution is -0.123. The second-order valence-electron chi connectivity index (χ2n) is 6.14. The van der Waals surface area contributed by atoms with Gasteiger partial charge >= 0.3 is 0 Å². The van der Waals surface area contributed by atoms with Gasteiger partial charge in [-0.15, -0.1) is 0 Å². The zero-order valence-electron chi connectivity index (χ0n) is 14.1. The number of hydrogen-bond acceptors (Lipinski definition) is 3. The van der Waals surface area contributed by atoms with Crippen LogP contribution in [0.25, 0.3) is 0 Å². The standard InChI is InChI=1S/C19H19ClFN3O2/c20-16-11-14(5-8-17(16)21)23-19(26)12-18(25)22-13-3-6-15(7-4-13)24-9-1-2-10-24/h3-8,11H,1-2,9-10,12H2,(H,22,25)(H,23,26). The van der Waals surface area contributed by atoms with Gasteiger partial charge in [-0.05, 0) is 55.3 Å². The Hall–Kier alpha value is -2.60. The van der Waals surface area contributed by atoms with Gasteiger partial charge in [-0.2, -0.15) is 0 Å².